The van der Waals surface area contributed by atoms with Crippen LogP contribution in [-0.4, -0.2) is 23.7 Å². The summed E-state index contributed by atoms with van der Waals surface area (Å²) in [7, 11) is 0. The third-order valence-corrected chi connectivity index (χ3v) is 3.39. The molecule has 0 fully saturated rings. The molecule has 0 spiro atoms. The number of alkyl halides is 2. The van der Waals surface area contributed by atoms with Crippen molar-refractivity contribution in [3.8, 4) is 5.75 Å². The van der Waals surface area contributed by atoms with Gasteiger partial charge in [0.15, 0.2) is 0 Å². The quantitative estimate of drug-likeness (QED) is 0.738. The summed E-state index contributed by atoms with van der Waals surface area (Å²) < 4.78 is 29.0. The molecule has 0 amide bonds. The van der Waals surface area contributed by atoms with E-state index in [4.69, 9.17) is 5.11 Å². The van der Waals surface area contributed by atoms with Crippen LogP contribution in [0.15, 0.2) is 22.7 Å². The van der Waals surface area contributed by atoms with E-state index < -0.39 is 18.6 Å². The molecule has 2 N–H and O–H groups in total. The average Bonchev–Trinajstić information content (AvgIpc) is 2.36. The minimum absolute atomic E-state index is 0.0470. The maximum Gasteiger partial charge on any atom is 0.387 e. The van der Waals surface area contributed by atoms with Gasteiger partial charge >= 0.3 is 12.6 Å². The Labute approximate surface area is 130 Å². The Bertz CT molecular complexity index is 483. The molecule has 0 aliphatic carbocycles. The SMILES string of the molecule is CC(C)CC(NCc1ccc(OC(F)F)c(Br)c1)C(=O)O. The number of halogens is 3. The number of ether oxygens (including phenoxy) is 1. The van der Waals surface area contributed by atoms with Crippen molar-refractivity contribution in [3.63, 3.8) is 0 Å². The van der Waals surface area contributed by atoms with Crippen molar-refractivity contribution < 1.29 is 23.4 Å². The Hall–Kier alpha value is -1.21. The van der Waals surface area contributed by atoms with Crippen molar-refractivity contribution in [3.05, 3.63) is 28.2 Å². The van der Waals surface area contributed by atoms with Gasteiger partial charge in [-0.05, 0) is 46.0 Å². The minimum atomic E-state index is -2.88. The maximum absolute atomic E-state index is 12.1. The lowest BCUT2D eigenvalue weighted by atomic mass is 10.0. The third-order valence-electron chi connectivity index (χ3n) is 2.77. The van der Waals surface area contributed by atoms with Gasteiger partial charge in [0.1, 0.15) is 11.8 Å². The lowest BCUT2D eigenvalue weighted by Gasteiger charge is -2.17. The smallest absolute Gasteiger partial charge is 0.387 e. The average molecular weight is 366 g/mol. The van der Waals surface area contributed by atoms with Crippen molar-refractivity contribution >= 4 is 21.9 Å². The first-order valence-corrected chi connectivity index (χ1v) is 7.28. The van der Waals surface area contributed by atoms with Crippen LogP contribution in [0, 0.1) is 5.92 Å². The predicted octanol–water partition coefficient (Wildman–Crippen LogP) is 3.64. The van der Waals surface area contributed by atoms with Gasteiger partial charge in [0.05, 0.1) is 4.47 Å². The van der Waals surface area contributed by atoms with Gasteiger partial charge in [0.2, 0.25) is 0 Å². The number of carboxylic acid groups (broad SMARTS) is 1. The van der Waals surface area contributed by atoms with Crippen LogP contribution in [0.2, 0.25) is 0 Å². The number of rotatable bonds is 8. The number of carboxylic acids is 1. The molecule has 0 saturated heterocycles. The van der Waals surface area contributed by atoms with E-state index in [0.29, 0.717) is 17.4 Å². The summed E-state index contributed by atoms with van der Waals surface area (Å²) in [6, 6.07) is 4.02. The van der Waals surface area contributed by atoms with Crippen LogP contribution >= 0.6 is 15.9 Å². The summed E-state index contributed by atoms with van der Waals surface area (Å²) in [4.78, 5) is 11.1. The van der Waals surface area contributed by atoms with Gasteiger partial charge in [-0.25, -0.2) is 0 Å². The van der Waals surface area contributed by atoms with Gasteiger partial charge in [-0.15, -0.1) is 0 Å². The van der Waals surface area contributed by atoms with Gasteiger partial charge in [-0.2, -0.15) is 8.78 Å². The molecule has 0 heterocycles. The highest BCUT2D eigenvalue weighted by molar-refractivity contribution is 9.10. The normalized spacial score (nSPS) is 12.7. The van der Waals surface area contributed by atoms with E-state index in [-0.39, 0.29) is 11.7 Å². The van der Waals surface area contributed by atoms with E-state index >= 15 is 0 Å². The molecular weight excluding hydrogens is 348 g/mol. The number of hydrogen-bond acceptors (Lipinski definition) is 3. The van der Waals surface area contributed by atoms with Crippen LogP contribution in [0.25, 0.3) is 0 Å². The topological polar surface area (TPSA) is 58.6 Å². The van der Waals surface area contributed by atoms with Crippen molar-refractivity contribution in [1.82, 2.24) is 5.32 Å². The molecule has 1 atom stereocenters. The van der Waals surface area contributed by atoms with Crippen LogP contribution in [0.4, 0.5) is 8.78 Å². The first-order valence-electron chi connectivity index (χ1n) is 6.49. The Kier molecular flexibility index (Phi) is 7.04. The summed E-state index contributed by atoms with van der Waals surface area (Å²) in [5, 5.41) is 12.1. The highest BCUT2D eigenvalue weighted by atomic mass is 79.9. The molecule has 1 aromatic rings. The van der Waals surface area contributed by atoms with E-state index in [1.165, 1.54) is 6.07 Å². The molecule has 118 valence electrons. The van der Waals surface area contributed by atoms with Gasteiger partial charge in [-0.1, -0.05) is 19.9 Å². The number of aliphatic carboxylic acids is 1. The summed E-state index contributed by atoms with van der Waals surface area (Å²) in [5.74, 6) is -0.599. The minimum Gasteiger partial charge on any atom is -0.480 e. The predicted molar refractivity (Wildman–Crippen MR) is 78.5 cm³/mol. The van der Waals surface area contributed by atoms with Gasteiger partial charge in [0.25, 0.3) is 0 Å². The zero-order valence-corrected chi connectivity index (χ0v) is 13.4. The number of benzene rings is 1. The number of hydrogen-bond donors (Lipinski definition) is 2. The van der Waals surface area contributed by atoms with Crippen molar-refractivity contribution in [1.29, 1.82) is 0 Å². The van der Waals surface area contributed by atoms with E-state index in [0.717, 1.165) is 5.56 Å². The third kappa shape index (κ3) is 6.39. The molecular formula is C14H18BrF2NO3. The van der Waals surface area contributed by atoms with Crippen LogP contribution in [0.3, 0.4) is 0 Å². The fourth-order valence-corrected chi connectivity index (χ4v) is 2.35. The Morgan fingerprint density at radius 2 is 2.10 bits per heavy atom. The van der Waals surface area contributed by atoms with Crippen LogP contribution < -0.4 is 10.1 Å². The molecule has 0 aliphatic rings. The molecule has 0 saturated carbocycles. The highest BCUT2D eigenvalue weighted by Crippen LogP contribution is 2.27. The summed E-state index contributed by atoms with van der Waals surface area (Å²) in [6.07, 6.45) is 0.517. The molecule has 0 radical (unpaired) electrons. The van der Waals surface area contributed by atoms with Crippen molar-refractivity contribution in [2.24, 2.45) is 5.92 Å². The molecule has 7 heteroatoms. The summed E-state index contributed by atoms with van der Waals surface area (Å²) >= 11 is 3.15. The highest BCUT2D eigenvalue weighted by Gasteiger charge is 2.18. The second-order valence-corrected chi connectivity index (χ2v) is 5.90. The summed E-state index contributed by atoms with van der Waals surface area (Å²) in [5.41, 5.74) is 0.776. The molecule has 1 aromatic carbocycles. The molecule has 0 bridgehead atoms. The second kappa shape index (κ2) is 8.29. The molecule has 1 unspecified atom stereocenters. The largest absolute Gasteiger partial charge is 0.480 e. The maximum atomic E-state index is 12.1. The lowest BCUT2D eigenvalue weighted by molar-refractivity contribution is -0.140. The van der Waals surface area contributed by atoms with Crippen LogP contribution in [0.5, 0.6) is 5.75 Å². The summed E-state index contributed by atoms with van der Waals surface area (Å²) in [6.45, 7) is 1.35. The van der Waals surface area contributed by atoms with E-state index in [9.17, 15) is 13.6 Å². The Morgan fingerprint density at radius 3 is 2.57 bits per heavy atom. The van der Waals surface area contributed by atoms with Crippen LogP contribution in [-0.2, 0) is 11.3 Å². The molecule has 4 nitrogen and oxygen atoms in total. The van der Waals surface area contributed by atoms with Gasteiger partial charge in [0, 0.05) is 6.54 Å². The fourth-order valence-electron chi connectivity index (χ4n) is 1.83. The Balaban J connectivity index is 2.66. The first kappa shape index (κ1) is 17.8. The van der Waals surface area contributed by atoms with Crippen LogP contribution in [0.1, 0.15) is 25.8 Å². The van der Waals surface area contributed by atoms with Gasteiger partial charge in [-0.3, -0.25) is 4.79 Å². The van der Waals surface area contributed by atoms with E-state index in [1.807, 2.05) is 13.8 Å². The Morgan fingerprint density at radius 1 is 1.43 bits per heavy atom. The van der Waals surface area contributed by atoms with Crippen molar-refractivity contribution in [2.45, 2.75) is 39.5 Å². The first-order chi connectivity index (χ1) is 9.79. The molecule has 0 aromatic heterocycles. The molecule has 21 heavy (non-hydrogen) atoms. The fraction of sp³-hybridized carbons (Fsp3) is 0.500. The van der Waals surface area contributed by atoms with E-state index in [1.54, 1.807) is 12.1 Å². The number of carbonyl (C=O) groups is 1. The van der Waals surface area contributed by atoms with E-state index in [2.05, 4.69) is 26.0 Å². The molecule has 1 rings (SSSR count). The number of nitrogens with one attached hydrogen (secondary N) is 1. The monoisotopic (exact) mass is 365 g/mol. The van der Waals surface area contributed by atoms with Gasteiger partial charge < -0.3 is 15.2 Å². The van der Waals surface area contributed by atoms with Crippen molar-refractivity contribution in [2.75, 3.05) is 0 Å². The second-order valence-electron chi connectivity index (χ2n) is 5.04. The zero-order chi connectivity index (χ0) is 16.0. The molecule has 0 aliphatic heterocycles. The standard InChI is InChI=1S/C14H18BrF2NO3/c1-8(2)5-11(13(19)20)18-7-9-3-4-12(10(15)6-9)21-14(16)17/h3-4,6,8,11,14,18H,5,7H2,1-2H3,(H,19,20). The zero-order valence-electron chi connectivity index (χ0n) is 11.8. The lowest BCUT2D eigenvalue weighted by Crippen LogP contribution is -2.37.